The molecule has 0 spiro atoms. The summed E-state index contributed by atoms with van der Waals surface area (Å²) in [4.78, 5) is 28.4. The number of allylic oxidation sites excluding steroid dienone is 1. The Morgan fingerprint density at radius 1 is 1.06 bits per heavy atom. The number of para-hydroxylation sites is 1. The van der Waals surface area contributed by atoms with Gasteiger partial charge in [-0.25, -0.2) is 14.6 Å². The third-order valence-electron chi connectivity index (χ3n) is 5.21. The zero-order valence-corrected chi connectivity index (χ0v) is 18.7. The van der Waals surface area contributed by atoms with E-state index in [1.807, 2.05) is 12.1 Å². The number of thiazole rings is 1. The molecule has 0 saturated heterocycles. The van der Waals surface area contributed by atoms with Crippen molar-refractivity contribution in [2.75, 3.05) is 5.32 Å². The van der Waals surface area contributed by atoms with Crippen molar-refractivity contribution < 1.29 is 22.0 Å². The highest BCUT2D eigenvalue weighted by atomic mass is 32.1. The van der Waals surface area contributed by atoms with E-state index in [2.05, 4.69) is 10.3 Å². The smallest absolute Gasteiger partial charge is 0.417 e. The van der Waals surface area contributed by atoms with Crippen LogP contribution in [0.25, 0.3) is 38.8 Å². The van der Waals surface area contributed by atoms with Crippen molar-refractivity contribution >= 4 is 44.5 Å². The molecule has 1 N–H and O–H groups in total. The number of nitrogens with one attached hydrogen (secondary N) is 1. The number of fused-ring (bicyclic) bond motifs is 2. The average Bonchev–Trinajstić information content (AvgIpc) is 3.32. The van der Waals surface area contributed by atoms with E-state index in [1.54, 1.807) is 29.6 Å². The fourth-order valence-corrected chi connectivity index (χ4v) is 4.33. The Morgan fingerprint density at radius 2 is 1.86 bits per heavy atom. The molecule has 0 amide bonds. The largest absolute Gasteiger partial charge is 0.423 e. The number of halogens is 3. The van der Waals surface area contributed by atoms with Crippen molar-refractivity contribution in [3.8, 4) is 17.3 Å². The lowest BCUT2D eigenvalue weighted by Crippen LogP contribution is -2.11. The molecule has 5 rings (SSSR count). The van der Waals surface area contributed by atoms with Crippen LogP contribution in [-0.4, -0.2) is 4.98 Å². The zero-order valence-electron chi connectivity index (χ0n) is 17.9. The van der Waals surface area contributed by atoms with E-state index in [0.29, 0.717) is 22.4 Å². The van der Waals surface area contributed by atoms with Gasteiger partial charge in [-0.2, -0.15) is 18.4 Å². The summed E-state index contributed by atoms with van der Waals surface area (Å²) in [6.45, 7) is 0. The van der Waals surface area contributed by atoms with Gasteiger partial charge in [0.05, 0.1) is 16.8 Å². The van der Waals surface area contributed by atoms with Gasteiger partial charge >= 0.3 is 17.4 Å². The molecule has 0 saturated carbocycles. The molecule has 178 valence electrons. The molecule has 0 aliphatic heterocycles. The first kappa shape index (κ1) is 23.1. The number of anilines is 1. The van der Waals surface area contributed by atoms with Gasteiger partial charge in [0.15, 0.2) is 0 Å². The fraction of sp³-hybridized carbons (Fsp3) is 0.0400. The van der Waals surface area contributed by atoms with E-state index in [-0.39, 0.29) is 27.8 Å². The van der Waals surface area contributed by atoms with Crippen molar-refractivity contribution in [1.29, 1.82) is 5.26 Å². The first-order valence-electron chi connectivity index (χ1n) is 10.2. The maximum atomic E-state index is 13.2. The Balaban J connectivity index is 1.45. The molecule has 0 aliphatic rings. The monoisotopic (exact) mass is 507 g/mol. The van der Waals surface area contributed by atoms with Gasteiger partial charge in [-0.3, -0.25) is 0 Å². The number of benzene rings is 2. The fourth-order valence-electron chi connectivity index (χ4n) is 3.55. The molecule has 0 bridgehead atoms. The lowest BCUT2D eigenvalue weighted by molar-refractivity contribution is -0.136. The van der Waals surface area contributed by atoms with Gasteiger partial charge in [0.2, 0.25) is 0 Å². The van der Waals surface area contributed by atoms with Crippen LogP contribution in [0.5, 0.6) is 0 Å². The Labute approximate surface area is 203 Å². The first-order chi connectivity index (χ1) is 17.2. The summed E-state index contributed by atoms with van der Waals surface area (Å²) in [6, 6.07) is 14.8. The summed E-state index contributed by atoms with van der Waals surface area (Å²) in [6.07, 6.45) is -3.40. The molecule has 0 aliphatic carbocycles. The van der Waals surface area contributed by atoms with E-state index in [9.17, 15) is 28.0 Å². The maximum absolute atomic E-state index is 13.2. The van der Waals surface area contributed by atoms with Crippen LogP contribution in [0.1, 0.15) is 10.6 Å². The van der Waals surface area contributed by atoms with Gasteiger partial charge in [0, 0.05) is 40.2 Å². The summed E-state index contributed by atoms with van der Waals surface area (Å²) in [5.41, 5.74) is -1.64. The van der Waals surface area contributed by atoms with Crippen LogP contribution in [0.4, 0.5) is 18.9 Å². The van der Waals surface area contributed by atoms with Crippen LogP contribution in [0.2, 0.25) is 0 Å². The molecular formula is C25H12F3N3O4S. The molecule has 7 nitrogen and oxygen atoms in total. The molecule has 0 atom stereocenters. The highest BCUT2D eigenvalue weighted by Crippen LogP contribution is 2.34. The lowest BCUT2D eigenvalue weighted by Gasteiger charge is -2.10. The standard InChI is InChI=1S/C25H12F3N3O4S/c26-25(27,28)18-9-22(32)34-21-8-15(5-6-16(18)21)30-11-14(10-29)23-31-19(12-36-23)17-7-13-3-1-2-4-20(13)35-24(17)33/h1-9,11-12,30H/b14-11+. The van der Waals surface area contributed by atoms with E-state index < -0.39 is 23.0 Å². The minimum absolute atomic E-state index is 0.113. The minimum Gasteiger partial charge on any atom is -0.423 e. The number of alkyl halides is 3. The van der Waals surface area contributed by atoms with Crippen LogP contribution in [0.3, 0.4) is 0 Å². The Morgan fingerprint density at radius 3 is 2.64 bits per heavy atom. The minimum atomic E-state index is -4.72. The molecule has 0 fully saturated rings. The van der Waals surface area contributed by atoms with E-state index in [0.717, 1.165) is 16.7 Å². The number of nitrogens with zero attached hydrogens (tertiary/aromatic N) is 2. The van der Waals surface area contributed by atoms with E-state index in [1.165, 1.54) is 24.4 Å². The second-order valence-electron chi connectivity index (χ2n) is 7.53. The van der Waals surface area contributed by atoms with Gasteiger partial charge in [-0.1, -0.05) is 18.2 Å². The van der Waals surface area contributed by atoms with Crippen LogP contribution < -0.4 is 16.6 Å². The molecule has 0 unspecified atom stereocenters. The summed E-state index contributed by atoms with van der Waals surface area (Å²) in [7, 11) is 0. The molecular weight excluding hydrogens is 495 g/mol. The van der Waals surface area contributed by atoms with Crippen molar-refractivity contribution in [2.24, 2.45) is 0 Å². The summed E-state index contributed by atoms with van der Waals surface area (Å²) < 4.78 is 50.0. The topological polar surface area (TPSA) is 109 Å². The third kappa shape index (κ3) is 4.37. The number of hydrogen-bond acceptors (Lipinski definition) is 8. The van der Waals surface area contributed by atoms with Gasteiger partial charge in [-0.05, 0) is 24.3 Å². The highest BCUT2D eigenvalue weighted by Gasteiger charge is 2.33. The predicted octanol–water partition coefficient (Wildman–Crippen LogP) is 6.02. The highest BCUT2D eigenvalue weighted by molar-refractivity contribution is 7.11. The number of rotatable bonds is 4. The van der Waals surface area contributed by atoms with Crippen LogP contribution >= 0.6 is 11.3 Å². The van der Waals surface area contributed by atoms with Crippen LogP contribution in [0, 0.1) is 11.3 Å². The van der Waals surface area contributed by atoms with Gasteiger partial charge in [-0.15, -0.1) is 11.3 Å². The van der Waals surface area contributed by atoms with Crippen LogP contribution in [-0.2, 0) is 6.18 Å². The molecule has 11 heteroatoms. The summed E-state index contributed by atoms with van der Waals surface area (Å²) in [5.74, 6) is 0. The first-order valence-corrected chi connectivity index (χ1v) is 11.1. The van der Waals surface area contributed by atoms with E-state index >= 15 is 0 Å². The summed E-state index contributed by atoms with van der Waals surface area (Å²) in [5, 5.41) is 14.8. The Hall–Kier alpha value is -4.69. The van der Waals surface area contributed by atoms with Crippen molar-refractivity contribution in [3.05, 3.63) is 97.6 Å². The molecule has 3 aromatic heterocycles. The lowest BCUT2D eigenvalue weighted by atomic mass is 10.1. The average molecular weight is 507 g/mol. The SMILES string of the molecule is N#C/C(=C\Nc1ccc2c(C(F)(F)F)cc(=O)oc2c1)c1nc(-c2cc3ccccc3oc2=O)cs1. The number of hydrogen-bond donors (Lipinski definition) is 1. The second-order valence-corrected chi connectivity index (χ2v) is 8.38. The van der Waals surface area contributed by atoms with Crippen LogP contribution in [0.15, 0.2) is 84.6 Å². The molecule has 0 radical (unpaired) electrons. The maximum Gasteiger partial charge on any atom is 0.417 e. The van der Waals surface area contributed by atoms with Gasteiger partial charge in [0.1, 0.15) is 27.8 Å². The van der Waals surface area contributed by atoms with Crippen molar-refractivity contribution in [2.45, 2.75) is 6.18 Å². The number of aromatic nitrogens is 1. The van der Waals surface area contributed by atoms with Crippen molar-refractivity contribution in [3.63, 3.8) is 0 Å². The molecule has 2 aromatic carbocycles. The van der Waals surface area contributed by atoms with E-state index in [4.69, 9.17) is 8.83 Å². The third-order valence-corrected chi connectivity index (χ3v) is 6.08. The quantitative estimate of drug-likeness (QED) is 0.234. The normalized spacial score (nSPS) is 12.1. The molecule has 36 heavy (non-hydrogen) atoms. The van der Waals surface area contributed by atoms with Gasteiger partial charge < -0.3 is 14.2 Å². The molecule has 3 heterocycles. The second kappa shape index (κ2) is 8.83. The molecule has 5 aromatic rings. The Kier molecular flexibility index (Phi) is 5.66. The zero-order chi connectivity index (χ0) is 25.4. The van der Waals surface area contributed by atoms with Crippen molar-refractivity contribution in [1.82, 2.24) is 4.98 Å². The summed E-state index contributed by atoms with van der Waals surface area (Å²) >= 11 is 1.13. The predicted molar refractivity (Wildman–Crippen MR) is 128 cm³/mol. The Bertz CT molecular complexity index is 1830. The number of nitriles is 1. The van der Waals surface area contributed by atoms with Gasteiger partial charge in [0.25, 0.3) is 0 Å².